The Morgan fingerprint density at radius 3 is 2.52 bits per heavy atom. The molecule has 120 valence electrons. The number of fused-ring (bicyclic) bond motifs is 1. The molecule has 0 aliphatic heterocycles. The van der Waals surface area contributed by atoms with Crippen molar-refractivity contribution < 1.29 is 4.74 Å². The van der Waals surface area contributed by atoms with Gasteiger partial charge >= 0.3 is 0 Å². The number of aromatic amines is 1. The van der Waals surface area contributed by atoms with Gasteiger partial charge in [-0.1, -0.05) is 53.5 Å². The number of ether oxygens (including phenoxy) is 1. The van der Waals surface area contributed by atoms with Crippen LogP contribution in [0.1, 0.15) is 0 Å². The van der Waals surface area contributed by atoms with E-state index in [2.05, 4.69) is 9.88 Å². The first-order valence-electron chi connectivity index (χ1n) is 7.40. The van der Waals surface area contributed by atoms with E-state index in [1.807, 2.05) is 50.5 Å². The van der Waals surface area contributed by atoms with Crippen molar-refractivity contribution in [3.63, 3.8) is 0 Å². The maximum absolute atomic E-state index is 6.34. The predicted octanol–water partition coefficient (Wildman–Crippen LogP) is 5.08. The van der Waals surface area contributed by atoms with Crippen molar-refractivity contribution in [2.24, 2.45) is 0 Å². The molecule has 5 heteroatoms. The molecule has 3 rings (SSSR count). The lowest BCUT2D eigenvalue weighted by Crippen LogP contribution is -2.19. The summed E-state index contributed by atoms with van der Waals surface area (Å²) in [5.41, 5.74) is 2.81. The Labute approximate surface area is 145 Å². The van der Waals surface area contributed by atoms with E-state index in [1.165, 1.54) is 0 Å². The normalized spacial score (nSPS) is 11.3. The summed E-state index contributed by atoms with van der Waals surface area (Å²) in [5, 5.41) is 2.09. The largest absolute Gasteiger partial charge is 0.489 e. The van der Waals surface area contributed by atoms with E-state index in [0.29, 0.717) is 16.7 Å². The fourth-order valence-electron chi connectivity index (χ4n) is 2.48. The topological polar surface area (TPSA) is 28.3 Å². The van der Waals surface area contributed by atoms with Crippen LogP contribution < -0.4 is 4.74 Å². The van der Waals surface area contributed by atoms with Gasteiger partial charge in [0.2, 0.25) is 0 Å². The molecule has 0 bridgehead atoms. The van der Waals surface area contributed by atoms with Gasteiger partial charge in [-0.25, -0.2) is 0 Å². The van der Waals surface area contributed by atoms with E-state index < -0.39 is 0 Å². The van der Waals surface area contributed by atoms with Crippen molar-refractivity contribution in [1.29, 1.82) is 0 Å². The van der Waals surface area contributed by atoms with Crippen molar-refractivity contribution in [1.82, 2.24) is 9.88 Å². The van der Waals surface area contributed by atoms with Gasteiger partial charge in [0.05, 0.1) is 16.2 Å². The summed E-state index contributed by atoms with van der Waals surface area (Å²) < 4.78 is 6.08. The van der Waals surface area contributed by atoms with E-state index in [9.17, 15) is 0 Å². The molecule has 3 nitrogen and oxygen atoms in total. The summed E-state index contributed by atoms with van der Waals surface area (Å²) in [6, 6.07) is 13.7. The molecule has 0 unspecified atom stereocenters. The maximum atomic E-state index is 6.34. The molecular weight excluding hydrogens is 331 g/mol. The van der Waals surface area contributed by atoms with Crippen LogP contribution in [0.15, 0.2) is 42.5 Å². The third-order valence-electron chi connectivity index (χ3n) is 3.62. The predicted molar refractivity (Wildman–Crippen MR) is 97.8 cm³/mol. The summed E-state index contributed by atoms with van der Waals surface area (Å²) in [6.45, 7) is 1.42. The molecule has 0 aliphatic rings. The number of benzene rings is 2. The van der Waals surface area contributed by atoms with Crippen molar-refractivity contribution in [2.75, 3.05) is 27.2 Å². The first-order chi connectivity index (χ1) is 11.1. The van der Waals surface area contributed by atoms with E-state index in [-0.39, 0.29) is 0 Å². The van der Waals surface area contributed by atoms with Gasteiger partial charge in [-0.15, -0.1) is 0 Å². The summed E-state index contributed by atoms with van der Waals surface area (Å²) in [5.74, 6) is 0.789. The standard InChI is InChI=1S/C18H18Cl2N2O/c1-22(2)8-9-23-18-14-10-13(19)11-15(20)17(14)21-16(18)12-6-4-3-5-7-12/h3-7,10-11,21H,8-9H2,1-2H3. The minimum atomic E-state index is 0.587. The van der Waals surface area contributed by atoms with Crippen molar-refractivity contribution in [2.45, 2.75) is 0 Å². The molecule has 0 amide bonds. The second-order valence-electron chi connectivity index (χ2n) is 5.66. The highest BCUT2D eigenvalue weighted by atomic mass is 35.5. The third kappa shape index (κ3) is 3.47. The summed E-state index contributed by atoms with van der Waals surface area (Å²) in [4.78, 5) is 5.47. The smallest absolute Gasteiger partial charge is 0.152 e. The van der Waals surface area contributed by atoms with Crippen molar-refractivity contribution in [3.05, 3.63) is 52.5 Å². The molecule has 0 saturated heterocycles. The Kier molecular flexibility index (Phi) is 4.81. The molecule has 0 atom stereocenters. The number of nitrogens with one attached hydrogen (secondary N) is 1. The van der Waals surface area contributed by atoms with Crippen LogP contribution in [0.4, 0.5) is 0 Å². The van der Waals surface area contributed by atoms with Gasteiger partial charge in [-0.05, 0) is 26.2 Å². The van der Waals surface area contributed by atoms with Gasteiger partial charge in [0.15, 0.2) is 5.75 Å². The lowest BCUT2D eigenvalue weighted by molar-refractivity contribution is 0.264. The van der Waals surface area contributed by atoms with E-state index in [1.54, 1.807) is 6.07 Å². The van der Waals surface area contributed by atoms with Gasteiger partial charge in [-0.2, -0.15) is 0 Å². The monoisotopic (exact) mass is 348 g/mol. The minimum Gasteiger partial charge on any atom is -0.489 e. The molecule has 0 spiro atoms. The molecule has 0 fully saturated rings. The SMILES string of the molecule is CN(C)CCOc1c(-c2ccccc2)[nH]c2c(Cl)cc(Cl)cc12. The van der Waals surface area contributed by atoms with Crippen LogP contribution in [0.2, 0.25) is 10.0 Å². The molecule has 3 aromatic rings. The number of hydrogen-bond donors (Lipinski definition) is 1. The molecule has 2 aromatic carbocycles. The fourth-order valence-corrected chi connectivity index (χ4v) is 3.03. The Bertz CT molecular complexity index is 813. The van der Waals surface area contributed by atoms with Crippen LogP contribution in [0, 0.1) is 0 Å². The number of halogens is 2. The van der Waals surface area contributed by atoms with Crippen LogP contribution in [0.5, 0.6) is 5.75 Å². The average molecular weight is 349 g/mol. The van der Waals surface area contributed by atoms with Crippen molar-refractivity contribution >= 4 is 34.1 Å². The Morgan fingerprint density at radius 2 is 1.83 bits per heavy atom. The van der Waals surface area contributed by atoms with E-state index in [4.69, 9.17) is 27.9 Å². The molecular formula is C18H18Cl2N2O. The average Bonchev–Trinajstić information content (AvgIpc) is 2.87. The van der Waals surface area contributed by atoms with Gasteiger partial charge in [-0.3, -0.25) is 0 Å². The number of aromatic nitrogens is 1. The van der Waals surface area contributed by atoms with Crippen LogP contribution in [0.25, 0.3) is 22.2 Å². The molecule has 1 heterocycles. The third-order valence-corrected chi connectivity index (χ3v) is 4.14. The summed E-state index contributed by atoms with van der Waals surface area (Å²) in [7, 11) is 4.04. The quantitative estimate of drug-likeness (QED) is 0.696. The first-order valence-corrected chi connectivity index (χ1v) is 8.15. The van der Waals surface area contributed by atoms with E-state index in [0.717, 1.165) is 34.5 Å². The second kappa shape index (κ2) is 6.83. The van der Waals surface area contributed by atoms with Crippen LogP contribution >= 0.6 is 23.2 Å². The summed E-state index contributed by atoms with van der Waals surface area (Å²) in [6.07, 6.45) is 0. The van der Waals surface area contributed by atoms with Crippen LogP contribution in [0.3, 0.4) is 0 Å². The summed E-state index contributed by atoms with van der Waals surface area (Å²) >= 11 is 12.5. The number of H-pyrrole nitrogens is 1. The Balaban J connectivity index is 2.12. The number of hydrogen-bond acceptors (Lipinski definition) is 2. The zero-order valence-electron chi connectivity index (χ0n) is 13.1. The van der Waals surface area contributed by atoms with Crippen molar-refractivity contribution in [3.8, 4) is 17.0 Å². The van der Waals surface area contributed by atoms with Gasteiger partial charge in [0, 0.05) is 22.5 Å². The lowest BCUT2D eigenvalue weighted by atomic mass is 10.1. The Morgan fingerprint density at radius 1 is 1.09 bits per heavy atom. The van der Waals surface area contributed by atoms with Gasteiger partial charge in [0.25, 0.3) is 0 Å². The minimum absolute atomic E-state index is 0.587. The highest BCUT2D eigenvalue weighted by Crippen LogP contribution is 2.41. The molecule has 0 aliphatic carbocycles. The van der Waals surface area contributed by atoms with Crippen LogP contribution in [-0.4, -0.2) is 37.1 Å². The Hall–Kier alpha value is -1.68. The first kappa shape index (κ1) is 16.2. The highest BCUT2D eigenvalue weighted by molar-refractivity contribution is 6.38. The highest BCUT2D eigenvalue weighted by Gasteiger charge is 2.17. The van der Waals surface area contributed by atoms with Crippen LogP contribution in [-0.2, 0) is 0 Å². The number of nitrogens with zero attached hydrogens (tertiary/aromatic N) is 1. The number of likely N-dealkylation sites (N-methyl/N-ethyl adjacent to an activating group) is 1. The molecule has 0 saturated carbocycles. The molecule has 23 heavy (non-hydrogen) atoms. The maximum Gasteiger partial charge on any atom is 0.152 e. The molecule has 0 radical (unpaired) electrons. The fraction of sp³-hybridized carbons (Fsp3) is 0.222. The molecule has 1 N–H and O–H groups in total. The molecule has 1 aromatic heterocycles. The lowest BCUT2D eigenvalue weighted by Gasteiger charge is -2.12. The zero-order valence-corrected chi connectivity index (χ0v) is 14.6. The van der Waals surface area contributed by atoms with Gasteiger partial charge < -0.3 is 14.6 Å². The zero-order chi connectivity index (χ0) is 16.4. The second-order valence-corrected chi connectivity index (χ2v) is 6.50. The van der Waals surface area contributed by atoms with E-state index >= 15 is 0 Å². The number of rotatable bonds is 5. The van der Waals surface area contributed by atoms with Gasteiger partial charge in [0.1, 0.15) is 6.61 Å².